The number of hydrogen-bond acceptors (Lipinski definition) is 18. The van der Waals surface area contributed by atoms with E-state index in [2.05, 4.69) is 25.4 Å². The van der Waals surface area contributed by atoms with Crippen LogP contribution in [0.3, 0.4) is 0 Å². The zero-order valence-corrected chi connectivity index (χ0v) is 45.5. The second-order valence-electron chi connectivity index (χ2n) is 20.0. The van der Waals surface area contributed by atoms with E-state index < -0.39 is 99.0 Å². The van der Waals surface area contributed by atoms with E-state index in [-0.39, 0.29) is 44.8 Å². The molecule has 2 aromatic rings. The molecule has 1 unspecified atom stereocenters. The van der Waals surface area contributed by atoms with Gasteiger partial charge in [-0.05, 0) is 133 Å². The maximum atomic E-state index is 16.9. The van der Waals surface area contributed by atoms with Crippen LogP contribution < -0.4 is 16.8 Å². The fourth-order valence-corrected chi connectivity index (χ4v) is 11.2. The number of halogens is 2. The summed E-state index contributed by atoms with van der Waals surface area (Å²) in [4.78, 5) is 75.7. The van der Waals surface area contributed by atoms with Crippen LogP contribution in [-0.4, -0.2) is 145 Å². The van der Waals surface area contributed by atoms with Crippen LogP contribution in [0.25, 0.3) is 10.6 Å². The average molecular weight is 1130 g/mol. The Kier molecular flexibility index (Phi) is 20.7. The Balaban J connectivity index is 1.53. The van der Waals surface area contributed by atoms with Crippen molar-refractivity contribution >= 4 is 74.7 Å². The number of likely N-dealkylation sites (N-methyl/N-ethyl adjacent to an activating group) is 1. The number of Topliss-reactive ketones (excluding diaryl/α,β-unsaturated/α-hetero) is 1. The number of aliphatic hydroxyl groups is 2. The Bertz CT molecular complexity index is 2220. The number of aliphatic hydroxyl groups excluding tert-OH is 1. The molecule has 5 heterocycles. The van der Waals surface area contributed by atoms with Crippen LogP contribution in [0.1, 0.15) is 112 Å². The first-order valence-corrected chi connectivity index (χ1v) is 26.5. The minimum absolute atomic E-state index is 0.0288. The third-order valence-corrected chi connectivity index (χ3v) is 16.4. The van der Waals surface area contributed by atoms with Gasteiger partial charge in [0, 0.05) is 47.2 Å². The van der Waals surface area contributed by atoms with E-state index in [1.54, 1.807) is 54.1 Å². The predicted molar refractivity (Wildman–Crippen MR) is 275 cm³/mol. The van der Waals surface area contributed by atoms with Gasteiger partial charge >= 0.3 is 5.97 Å². The van der Waals surface area contributed by atoms with Gasteiger partial charge in [0.25, 0.3) is 5.67 Å². The molecule has 19 nitrogen and oxygen atoms in total. The number of hydrogen-bond donors (Lipinski definition) is 5. The summed E-state index contributed by atoms with van der Waals surface area (Å²) >= 11 is 3.07. The number of cyclic esters (lactones) is 1. The quantitative estimate of drug-likeness (QED) is 0.0390. The number of anilines is 1. The lowest BCUT2D eigenvalue weighted by Gasteiger charge is -2.47. The fourth-order valence-electron chi connectivity index (χ4n) is 9.72. The third-order valence-electron chi connectivity index (χ3n) is 14.0. The summed E-state index contributed by atoms with van der Waals surface area (Å²) in [5, 5.41) is 33.8. The maximum Gasteiger partial charge on any atom is 0.352 e. The number of rotatable bonds is 14. The Labute approximate surface area is 433 Å². The molecule has 0 spiro atoms. The summed E-state index contributed by atoms with van der Waals surface area (Å²) < 4.78 is 41.0. The molecule has 2 aromatic heterocycles. The molecule has 0 aromatic carbocycles. The Morgan fingerprint density at radius 1 is 1.14 bits per heavy atom. The lowest BCUT2D eigenvalue weighted by atomic mass is 9.70. The molecule has 7 N–H and O–H groups in total. The van der Waals surface area contributed by atoms with E-state index in [1.807, 2.05) is 45.8 Å². The molecule has 396 valence electrons. The van der Waals surface area contributed by atoms with Gasteiger partial charge in [0.2, 0.25) is 11.8 Å². The van der Waals surface area contributed by atoms with Crippen molar-refractivity contribution in [3.63, 3.8) is 0 Å². The van der Waals surface area contributed by atoms with Crippen molar-refractivity contribution in [3.8, 4) is 10.6 Å². The molecule has 14 atom stereocenters. The lowest BCUT2D eigenvalue weighted by Crippen LogP contribution is -2.61. The number of oxime groups is 1. The summed E-state index contributed by atoms with van der Waals surface area (Å²) in [7, 11) is 3.64. The van der Waals surface area contributed by atoms with Gasteiger partial charge in [-0.3, -0.25) is 19.4 Å². The maximum absolute atomic E-state index is 16.9. The van der Waals surface area contributed by atoms with E-state index in [0.717, 1.165) is 19.8 Å². The summed E-state index contributed by atoms with van der Waals surface area (Å²) in [6, 6.07) is 2.49. The highest BCUT2D eigenvalue weighted by Crippen LogP contribution is 2.44. The molecular weight excluding hydrogens is 1050 g/mol. The topological polar surface area (TPSA) is 273 Å². The van der Waals surface area contributed by atoms with Crippen LogP contribution in [0.15, 0.2) is 33.9 Å². The first kappa shape index (κ1) is 58.4. The number of aromatic nitrogens is 2. The van der Waals surface area contributed by atoms with Crippen molar-refractivity contribution in [2.24, 2.45) is 45.3 Å². The number of amides is 2. The van der Waals surface area contributed by atoms with Crippen molar-refractivity contribution in [2.45, 2.75) is 171 Å². The molecule has 2 bridgehead atoms. The molecule has 0 aliphatic carbocycles. The third kappa shape index (κ3) is 14.4. The number of alkyl halides is 2. The Morgan fingerprint density at radius 2 is 1.86 bits per heavy atom. The molecule has 3 fully saturated rings. The molecule has 3 saturated heterocycles. The van der Waals surface area contributed by atoms with E-state index >= 15 is 4.39 Å². The molecule has 71 heavy (non-hydrogen) atoms. The van der Waals surface area contributed by atoms with Crippen molar-refractivity contribution in [1.29, 1.82) is 0 Å². The van der Waals surface area contributed by atoms with Gasteiger partial charge in [-0.15, -0.1) is 11.3 Å². The van der Waals surface area contributed by atoms with Crippen molar-refractivity contribution in [3.05, 3.63) is 29.4 Å². The first-order valence-electron chi connectivity index (χ1n) is 24.4. The predicted octanol–water partition coefficient (Wildman–Crippen LogP) is 5.51. The highest BCUT2D eigenvalue weighted by atomic mass is 127. The summed E-state index contributed by atoms with van der Waals surface area (Å²) in [6.45, 7) is 12.9. The summed E-state index contributed by atoms with van der Waals surface area (Å²) in [5.74, 6) is -6.48. The van der Waals surface area contributed by atoms with Crippen molar-refractivity contribution in [2.75, 3.05) is 32.6 Å². The molecule has 22 heteroatoms. The normalized spacial score (nSPS) is 35.1. The highest BCUT2D eigenvalue weighted by molar-refractivity contribution is 14.1. The molecular formula is C49H74FIN8O11S. The molecule has 2 amide bonds. The van der Waals surface area contributed by atoms with E-state index in [9.17, 15) is 29.4 Å². The highest BCUT2D eigenvalue weighted by Gasteiger charge is 2.56. The average Bonchev–Trinajstić information content (AvgIpc) is 3.78. The van der Waals surface area contributed by atoms with Gasteiger partial charge in [-0.25, -0.2) is 19.2 Å². The molecule has 3 aliphatic rings. The molecule has 3 aliphatic heterocycles. The standard InChI is InChI=1S/C49H74FIN8O11S/c1-11-37(60)57-38-26(2)21-47(6)41(69-44-39(61)35(59(9)10)20-27(3)68-44)29(5)40(62)48(7,50)46(64)70-45(51)49(8,65)33(28(38)4)18-17-32(23-66-47)58-67-24-31-16-15-30(22-54-31)43-56-36(25-71-43)55-42(63)34(53)14-12-13-19-52/h15-16,22,25-29,33-35,39,41,44-45,61,65H,11-14,17-21,23-24,52-53H2,1-10H3,(H,55,63)/b57-38?,58-32+/t26-,27-,28-,29+,33-,34+,35+,39-,41-,44+,45+,47-,48+,49?/m1/s1. The summed E-state index contributed by atoms with van der Waals surface area (Å²) in [6.07, 6.45) is 0.277. The van der Waals surface area contributed by atoms with Gasteiger partial charge in [0.1, 0.15) is 22.5 Å². The molecule has 0 saturated carbocycles. The van der Waals surface area contributed by atoms with Crippen LogP contribution in [-0.2, 0) is 49.6 Å². The molecule has 5 rings (SSSR count). The van der Waals surface area contributed by atoms with E-state index in [1.165, 1.54) is 25.2 Å². The van der Waals surface area contributed by atoms with Gasteiger partial charge in [-0.2, -0.15) is 0 Å². The Hall–Kier alpha value is -3.46. The lowest BCUT2D eigenvalue weighted by molar-refractivity contribution is -0.296. The number of nitrogens with zero attached hydrogens (tertiary/aromatic N) is 5. The number of ketones is 1. The fraction of sp³-hybridized carbons (Fsp3) is 0.714. The SMILES string of the molecule is CCC(=O)N=C1[C@H](C)C[C@@]2(C)OC/C(=N/OCc3ccc(-c4nc(NC(=O)[C@@H](N)CCCCN)cs4)cn3)CC[C@H]([C@H]1C)C(C)(O)[C@@H](I)OC(=O)[C@@](C)(F)C(=O)[C@H](C)[C@H]2O[C@@H]1O[C@H](C)C[C@H](N(C)C)[C@H]1O. The first-order chi connectivity index (χ1) is 33.3. The van der Waals surface area contributed by atoms with Gasteiger partial charge < -0.3 is 55.7 Å². The van der Waals surface area contributed by atoms with E-state index in [0.29, 0.717) is 52.9 Å². The number of unbranched alkanes of at least 4 members (excludes halogenated alkanes) is 1. The number of nitrogens with one attached hydrogen (secondary N) is 1. The number of aliphatic imine (C=N–C) groups is 1. The number of esters is 1. The Morgan fingerprint density at radius 3 is 2.51 bits per heavy atom. The largest absolute Gasteiger partial charge is 0.446 e. The summed E-state index contributed by atoms with van der Waals surface area (Å²) in [5.41, 5.74) is 7.00. The number of pyridine rings is 1. The number of carbonyl (C=O) groups is 4. The van der Waals surface area contributed by atoms with Gasteiger partial charge in [0.15, 0.2) is 22.8 Å². The molecule has 0 radical (unpaired) electrons. The van der Waals surface area contributed by atoms with Crippen LogP contribution in [0.4, 0.5) is 10.2 Å². The minimum atomic E-state index is -3.21. The number of thiazole rings is 1. The van der Waals surface area contributed by atoms with E-state index in [4.69, 9.17) is 35.3 Å². The van der Waals surface area contributed by atoms with Crippen LogP contribution >= 0.6 is 33.9 Å². The van der Waals surface area contributed by atoms with Crippen molar-refractivity contribution < 1.29 is 57.6 Å². The van der Waals surface area contributed by atoms with Gasteiger partial charge in [-0.1, -0.05) is 39.3 Å². The van der Waals surface area contributed by atoms with Crippen LogP contribution in [0.2, 0.25) is 0 Å². The second kappa shape index (κ2) is 25.2. The second-order valence-corrected chi connectivity index (χ2v) is 22.0. The zero-order chi connectivity index (χ0) is 52.6. The smallest absolute Gasteiger partial charge is 0.352 e. The number of nitrogens with two attached hydrogens (primary N) is 2. The van der Waals surface area contributed by atoms with Gasteiger partial charge in [0.05, 0.1) is 41.9 Å². The zero-order valence-electron chi connectivity index (χ0n) is 42.6. The minimum Gasteiger partial charge on any atom is -0.446 e. The van der Waals surface area contributed by atoms with Crippen LogP contribution in [0.5, 0.6) is 0 Å². The number of carbonyl (C=O) groups excluding carboxylic acids is 4. The van der Waals surface area contributed by atoms with Crippen LogP contribution in [0, 0.1) is 23.7 Å². The number of ether oxygens (including phenoxy) is 4. The monoisotopic (exact) mass is 1130 g/mol. The van der Waals surface area contributed by atoms with Crippen molar-refractivity contribution in [1.82, 2.24) is 14.9 Å². The number of fused-ring (bicyclic) bond motifs is 5.